The van der Waals surface area contributed by atoms with Gasteiger partial charge in [-0.25, -0.2) is 0 Å². The minimum absolute atomic E-state index is 0.217. The number of nitrogens with one attached hydrogen (secondary N) is 1. The molecule has 1 saturated heterocycles. The van der Waals surface area contributed by atoms with Crippen LogP contribution in [0.4, 0.5) is 5.69 Å². The first kappa shape index (κ1) is 11.9. The molecule has 88 valence electrons. The molecule has 0 aliphatic carbocycles. The number of aliphatic hydroxyl groups excluding tert-OH is 1. The standard InChI is InChI=1S/C12H17BrN2O/c13-10-1-3-12(4-2-10)15-7-5-11(9-15)14-6-8-16/h1-4,11,14,16H,5-9H2. The number of aliphatic hydroxyl groups is 1. The summed E-state index contributed by atoms with van der Waals surface area (Å²) in [6.07, 6.45) is 1.15. The number of rotatable bonds is 4. The van der Waals surface area contributed by atoms with Crippen molar-refractivity contribution in [3.8, 4) is 0 Å². The van der Waals surface area contributed by atoms with Gasteiger partial charge in [0.2, 0.25) is 0 Å². The topological polar surface area (TPSA) is 35.5 Å². The molecule has 16 heavy (non-hydrogen) atoms. The van der Waals surface area contributed by atoms with E-state index in [-0.39, 0.29) is 6.61 Å². The first-order valence-corrected chi connectivity index (χ1v) is 6.43. The van der Waals surface area contributed by atoms with Crippen molar-refractivity contribution in [3.05, 3.63) is 28.7 Å². The van der Waals surface area contributed by atoms with E-state index in [4.69, 9.17) is 5.11 Å². The molecular weight excluding hydrogens is 268 g/mol. The fourth-order valence-electron chi connectivity index (χ4n) is 2.08. The van der Waals surface area contributed by atoms with Crippen LogP contribution in [0.25, 0.3) is 0 Å². The van der Waals surface area contributed by atoms with Gasteiger partial charge < -0.3 is 15.3 Å². The molecule has 0 bridgehead atoms. The quantitative estimate of drug-likeness (QED) is 0.882. The van der Waals surface area contributed by atoms with Gasteiger partial charge in [0, 0.05) is 35.8 Å². The molecule has 1 unspecified atom stereocenters. The number of hydrogen-bond acceptors (Lipinski definition) is 3. The lowest BCUT2D eigenvalue weighted by atomic mass is 10.2. The largest absolute Gasteiger partial charge is 0.395 e. The van der Waals surface area contributed by atoms with E-state index in [1.54, 1.807) is 0 Å². The molecule has 1 aliphatic rings. The summed E-state index contributed by atoms with van der Waals surface area (Å²) in [5.74, 6) is 0. The van der Waals surface area contributed by atoms with E-state index >= 15 is 0 Å². The Kier molecular flexibility index (Phi) is 4.21. The number of nitrogens with zero attached hydrogens (tertiary/aromatic N) is 1. The highest BCUT2D eigenvalue weighted by Crippen LogP contribution is 2.22. The Morgan fingerprint density at radius 1 is 1.38 bits per heavy atom. The number of hydrogen-bond donors (Lipinski definition) is 2. The molecule has 0 spiro atoms. The summed E-state index contributed by atoms with van der Waals surface area (Å²) in [6, 6.07) is 8.93. The highest BCUT2D eigenvalue weighted by molar-refractivity contribution is 9.10. The molecule has 1 aromatic rings. The van der Waals surface area contributed by atoms with Crippen molar-refractivity contribution in [2.45, 2.75) is 12.5 Å². The van der Waals surface area contributed by atoms with Gasteiger partial charge in [-0.15, -0.1) is 0 Å². The summed E-state index contributed by atoms with van der Waals surface area (Å²) in [7, 11) is 0. The Bertz CT molecular complexity index is 328. The van der Waals surface area contributed by atoms with Crippen LogP contribution in [-0.4, -0.2) is 37.4 Å². The lowest BCUT2D eigenvalue weighted by Crippen LogP contribution is -2.34. The fourth-order valence-corrected chi connectivity index (χ4v) is 2.35. The molecular formula is C12H17BrN2O. The van der Waals surface area contributed by atoms with Gasteiger partial charge in [0.25, 0.3) is 0 Å². The van der Waals surface area contributed by atoms with Crippen LogP contribution in [0.3, 0.4) is 0 Å². The Morgan fingerprint density at radius 2 is 2.12 bits per heavy atom. The summed E-state index contributed by atoms with van der Waals surface area (Å²) in [4.78, 5) is 2.38. The van der Waals surface area contributed by atoms with E-state index in [2.05, 4.69) is 50.4 Å². The average molecular weight is 285 g/mol. The maximum atomic E-state index is 8.76. The summed E-state index contributed by atoms with van der Waals surface area (Å²) >= 11 is 3.44. The van der Waals surface area contributed by atoms with E-state index in [1.807, 2.05) is 0 Å². The van der Waals surface area contributed by atoms with Crippen molar-refractivity contribution in [1.29, 1.82) is 0 Å². The molecule has 1 heterocycles. The summed E-state index contributed by atoms with van der Waals surface area (Å²) in [5.41, 5.74) is 1.27. The second-order valence-corrected chi connectivity index (χ2v) is 5.00. The molecule has 2 rings (SSSR count). The van der Waals surface area contributed by atoms with Crippen LogP contribution in [0.2, 0.25) is 0 Å². The normalized spacial score (nSPS) is 20.4. The van der Waals surface area contributed by atoms with Crippen molar-refractivity contribution >= 4 is 21.6 Å². The van der Waals surface area contributed by atoms with Crippen LogP contribution in [0.15, 0.2) is 28.7 Å². The van der Waals surface area contributed by atoms with Crippen molar-refractivity contribution < 1.29 is 5.11 Å². The molecule has 0 aromatic heterocycles. The third kappa shape index (κ3) is 2.97. The Hall–Kier alpha value is -0.580. The van der Waals surface area contributed by atoms with Crippen LogP contribution in [0, 0.1) is 0 Å². The van der Waals surface area contributed by atoms with Crippen LogP contribution < -0.4 is 10.2 Å². The Labute approximate surface area is 105 Å². The molecule has 1 fully saturated rings. The number of anilines is 1. The zero-order valence-corrected chi connectivity index (χ0v) is 10.8. The third-order valence-corrected chi connectivity index (χ3v) is 3.45. The lowest BCUT2D eigenvalue weighted by Gasteiger charge is -2.19. The van der Waals surface area contributed by atoms with E-state index < -0.39 is 0 Å². The predicted octanol–water partition coefficient (Wildman–Crippen LogP) is 1.61. The van der Waals surface area contributed by atoms with Crippen LogP contribution in [0.5, 0.6) is 0 Å². The molecule has 0 radical (unpaired) electrons. The van der Waals surface area contributed by atoms with Gasteiger partial charge in [-0.05, 0) is 30.7 Å². The third-order valence-electron chi connectivity index (χ3n) is 2.92. The van der Waals surface area contributed by atoms with Crippen LogP contribution in [-0.2, 0) is 0 Å². The Balaban J connectivity index is 1.90. The van der Waals surface area contributed by atoms with E-state index in [1.165, 1.54) is 5.69 Å². The van der Waals surface area contributed by atoms with Crippen molar-refractivity contribution in [3.63, 3.8) is 0 Å². The fraction of sp³-hybridized carbons (Fsp3) is 0.500. The number of halogens is 1. The maximum absolute atomic E-state index is 8.76. The monoisotopic (exact) mass is 284 g/mol. The number of benzene rings is 1. The SMILES string of the molecule is OCCNC1CCN(c2ccc(Br)cc2)C1. The Morgan fingerprint density at radius 3 is 2.81 bits per heavy atom. The van der Waals surface area contributed by atoms with Gasteiger partial charge in [-0.2, -0.15) is 0 Å². The zero-order chi connectivity index (χ0) is 11.4. The lowest BCUT2D eigenvalue weighted by molar-refractivity contribution is 0.286. The van der Waals surface area contributed by atoms with Gasteiger partial charge in [0.15, 0.2) is 0 Å². The highest BCUT2D eigenvalue weighted by atomic mass is 79.9. The molecule has 1 aromatic carbocycles. The predicted molar refractivity (Wildman–Crippen MR) is 69.8 cm³/mol. The molecule has 1 aliphatic heterocycles. The average Bonchev–Trinajstić information content (AvgIpc) is 2.76. The summed E-state index contributed by atoms with van der Waals surface area (Å²) in [5, 5.41) is 12.1. The molecule has 1 atom stereocenters. The molecule has 4 heteroatoms. The highest BCUT2D eigenvalue weighted by Gasteiger charge is 2.21. The van der Waals surface area contributed by atoms with Crippen LogP contribution in [0.1, 0.15) is 6.42 Å². The van der Waals surface area contributed by atoms with Gasteiger partial charge >= 0.3 is 0 Å². The second-order valence-electron chi connectivity index (χ2n) is 4.09. The van der Waals surface area contributed by atoms with Gasteiger partial charge in [-0.3, -0.25) is 0 Å². The van der Waals surface area contributed by atoms with Gasteiger partial charge in [0.05, 0.1) is 6.61 Å². The maximum Gasteiger partial charge on any atom is 0.0556 e. The second kappa shape index (κ2) is 5.66. The zero-order valence-electron chi connectivity index (χ0n) is 9.19. The minimum Gasteiger partial charge on any atom is -0.395 e. The van der Waals surface area contributed by atoms with Crippen molar-refractivity contribution in [2.24, 2.45) is 0 Å². The minimum atomic E-state index is 0.217. The molecule has 3 nitrogen and oxygen atoms in total. The van der Waals surface area contributed by atoms with E-state index in [9.17, 15) is 0 Å². The first-order chi connectivity index (χ1) is 7.79. The van der Waals surface area contributed by atoms with Crippen molar-refractivity contribution in [1.82, 2.24) is 5.32 Å². The van der Waals surface area contributed by atoms with Crippen LogP contribution >= 0.6 is 15.9 Å². The van der Waals surface area contributed by atoms with Crippen molar-refractivity contribution in [2.75, 3.05) is 31.1 Å². The smallest absolute Gasteiger partial charge is 0.0556 e. The first-order valence-electron chi connectivity index (χ1n) is 5.64. The van der Waals surface area contributed by atoms with Gasteiger partial charge in [-0.1, -0.05) is 15.9 Å². The van der Waals surface area contributed by atoms with E-state index in [0.29, 0.717) is 12.6 Å². The van der Waals surface area contributed by atoms with E-state index in [0.717, 1.165) is 24.0 Å². The molecule has 0 saturated carbocycles. The summed E-state index contributed by atoms with van der Waals surface area (Å²) in [6.45, 7) is 3.03. The molecule has 0 amide bonds. The van der Waals surface area contributed by atoms with Gasteiger partial charge in [0.1, 0.15) is 0 Å². The summed E-state index contributed by atoms with van der Waals surface area (Å²) < 4.78 is 1.12. The molecule has 2 N–H and O–H groups in total.